The number of hydrogen-bond acceptors (Lipinski definition) is 4. The van der Waals surface area contributed by atoms with Gasteiger partial charge in [-0.05, 0) is 31.2 Å². The van der Waals surface area contributed by atoms with Crippen LogP contribution in [0.2, 0.25) is 5.02 Å². The summed E-state index contributed by atoms with van der Waals surface area (Å²) in [4.78, 5) is 10.9. The maximum Gasteiger partial charge on any atom is 0.345 e. The van der Waals surface area contributed by atoms with E-state index < -0.39 is 21.8 Å². The molecule has 0 unspecified atom stereocenters. The molecule has 2 aromatic rings. The second kappa shape index (κ2) is 5.63. The Kier molecular flexibility index (Phi) is 4.22. The van der Waals surface area contributed by atoms with Crippen LogP contribution in [0.25, 0.3) is 0 Å². The lowest BCUT2D eigenvalue weighted by molar-refractivity contribution is 0.0702. The minimum Gasteiger partial charge on any atom is -0.477 e. The van der Waals surface area contributed by atoms with Crippen LogP contribution in [0.1, 0.15) is 14.5 Å². The zero-order valence-corrected chi connectivity index (χ0v) is 12.9. The molecule has 0 saturated carbocycles. The molecule has 1 heterocycles. The summed E-state index contributed by atoms with van der Waals surface area (Å²) in [5, 5.41) is 9.01. The molecule has 0 aliphatic carbocycles. The predicted octanol–water partition coefficient (Wildman–Crippen LogP) is 3.35. The molecule has 2 rings (SSSR count). The topological polar surface area (TPSA) is 83.5 Å². The molecule has 0 radical (unpaired) electrons. The number of carbonyl (C=O) groups is 1. The Morgan fingerprint density at radius 1 is 1.38 bits per heavy atom. The fourth-order valence-corrected chi connectivity index (χ4v) is 4.27. The van der Waals surface area contributed by atoms with E-state index in [0.29, 0.717) is 4.88 Å². The number of carboxylic acid groups (broad SMARTS) is 1. The van der Waals surface area contributed by atoms with E-state index in [2.05, 4.69) is 4.72 Å². The maximum atomic E-state index is 13.6. The highest BCUT2D eigenvalue weighted by Gasteiger charge is 2.23. The van der Waals surface area contributed by atoms with E-state index in [1.165, 1.54) is 19.1 Å². The number of carboxylic acids is 1. The Labute approximate surface area is 129 Å². The van der Waals surface area contributed by atoms with Crippen molar-refractivity contribution in [3.8, 4) is 0 Å². The molecule has 0 atom stereocenters. The van der Waals surface area contributed by atoms with Crippen LogP contribution in [-0.2, 0) is 10.0 Å². The van der Waals surface area contributed by atoms with Crippen LogP contribution < -0.4 is 4.72 Å². The molecular formula is C12H9ClFNO4S2. The van der Waals surface area contributed by atoms with Gasteiger partial charge < -0.3 is 5.11 Å². The van der Waals surface area contributed by atoms with Gasteiger partial charge in [0.15, 0.2) is 0 Å². The highest BCUT2D eigenvalue weighted by Crippen LogP contribution is 2.28. The summed E-state index contributed by atoms with van der Waals surface area (Å²) in [6, 6.07) is 4.54. The van der Waals surface area contributed by atoms with Crippen LogP contribution in [0, 0.1) is 12.7 Å². The molecule has 1 aromatic heterocycles. The molecular weight excluding hydrogens is 341 g/mol. The first kappa shape index (κ1) is 15.7. The molecule has 2 N–H and O–H groups in total. The summed E-state index contributed by atoms with van der Waals surface area (Å²) in [6.45, 7) is 1.48. The molecule has 0 amide bonds. The lowest BCUT2D eigenvalue weighted by atomic mass is 10.3. The van der Waals surface area contributed by atoms with Crippen LogP contribution in [0.5, 0.6) is 0 Å². The van der Waals surface area contributed by atoms with Crippen LogP contribution >= 0.6 is 22.9 Å². The Morgan fingerprint density at radius 3 is 2.57 bits per heavy atom. The third-order valence-corrected chi connectivity index (χ3v) is 5.44. The summed E-state index contributed by atoms with van der Waals surface area (Å²) in [7, 11) is -4.08. The van der Waals surface area contributed by atoms with E-state index in [4.69, 9.17) is 16.7 Å². The van der Waals surface area contributed by atoms with E-state index in [0.717, 1.165) is 23.5 Å². The second-order valence-corrected chi connectivity index (χ2v) is 7.41. The third-order valence-electron chi connectivity index (χ3n) is 2.55. The molecule has 21 heavy (non-hydrogen) atoms. The number of benzene rings is 1. The zero-order chi connectivity index (χ0) is 15.8. The van der Waals surface area contributed by atoms with Gasteiger partial charge in [0, 0.05) is 9.90 Å². The number of hydrogen-bond donors (Lipinski definition) is 2. The number of sulfonamides is 1. The standard InChI is InChI=1S/C12H9ClFNO4S2/c1-6-11(5-10(20-6)12(16)17)21(18,19)15-9-3-2-7(13)4-8(9)14/h2-5,15H,1H3,(H,16,17). The van der Waals surface area contributed by atoms with Crippen LogP contribution in [0.3, 0.4) is 0 Å². The minimum absolute atomic E-state index is 0.107. The molecule has 9 heteroatoms. The van der Waals surface area contributed by atoms with E-state index in [1.807, 2.05) is 0 Å². The van der Waals surface area contributed by atoms with Gasteiger partial charge in [0.1, 0.15) is 15.6 Å². The van der Waals surface area contributed by atoms with E-state index in [-0.39, 0.29) is 20.5 Å². The van der Waals surface area contributed by atoms with Gasteiger partial charge in [0.05, 0.1) is 5.69 Å². The molecule has 112 valence electrons. The zero-order valence-electron chi connectivity index (χ0n) is 10.6. The lowest BCUT2D eigenvalue weighted by Crippen LogP contribution is -2.14. The van der Waals surface area contributed by atoms with Crippen molar-refractivity contribution >= 4 is 44.6 Å². The van der Waals surface area contributed by atoms with Crippen LogP contribution in [0.4, 0.5) is 10.1 Å². The smallest absolute Gasteiger partial charge is 0.345 e. The lowest BCUT2D eigenvalue weighted by Gasteiger charge is -2.08. The van der Waals surface area contributed by atoms with Gasteiger partial charge in [-0.15, -0.1) is 11.3 Å². The molecule has 1 aromatic carbocycles. The third kappa shape index (κ3) is 3.34. The number of aryl methyl sites for hydroxylation is 1. The number of halogens is 2. The Morgan fingerprint density at radius 2 is 2.05 bits per heavy atom. The van der Waals surface area contributed by atoms with Crippen molar-refractivity contribution in [2.75, 3.05) is 4.72 Å². The predicted molar refractivity (Wildman–Crippen MR) is 78.2 cm³/mol. The van der Waals surface area contributed by atoms with Crippen molar-refractivity contribution in [1.29, 1.82) is 0 Å². The fraction of sp³-hybridized carbons (Fsp3) is 0.0833. The van der Waals surface area contributed by atoms with Crippen molar-refractivity contribution in [1.82, 2.24) is 0 Å². The van der Waals surface area contributed by atoms with E-state index >= 15 is 0 Å². The number of aromatic carboxylic acids is 1. The van der Waals surface area contributed by atoms with Gasteiger partial charge in [0.25, 0.3) is 10.0 Å². The molecule has 0 spiro atoms. The van der Waals surface area contributed by atoms with Crippen molar-refractivity contribution in [3.05, 3.63) is 44.9 Å². The quantitative estimate of drug-likeness (QED) is 0.886. The molecule has 0 bridgehead atoms. The summed E-state index contributed by atoms with van der Waals surface area (Å²) < 4.78 is 40.1. The molecule has 0 saturated heterocycles. The number of rotatable bonds is 4. The average Bonchev–Trinajstić information content (AvgIpc) is 2.76. The molecule has 5 nitrogen and oxygen atoms in total. The van der Waals surface area contributed by atoms with Gasteiger partial charge in [-0.3, -0.25) is 4.72 Å². The van der Waals surface area contributed by atoms with Crippen molar-refractivity contribution < 1.29 is 22.7 Å². The Bertz CT molecular complexity index is 817. The Balaban J connectivity index is 2.41. The summed E-state index contributed by atoms with van der Waals surface area (Å²) in [5.41, 5.74) is -0.262. The van der Waals surface area contributed by atoms with Gasteiger partial charge >= 0.3 is 5.97 Å². The van der Waals surface area contributed by atoms with Gasteiger partial charge in [-0.2, -0.15) is 0 Å². The van der Waals surface area contributed by atoms with Gasteiger partial charge in [0.2, 0.25) is 0 Å². The largest absolute Gasteiger partial charge is 0.477 e. The van der Waals surface area contributed by atoms with E-state index in [9.17, 15) is 17.6 Å². The fourth-order valence-electron chi connectivity index (χ4n) is 1.61. The summed E-state index contributed by atoms with van der Waals surface area (Å²) in [6.07, 6.45) is 0. The molecule has 0 aliphatic rings. The van der Waals surface area contributed by atoms with Gasteiger partial charge in [-0.25, -0.2) is 17.6 Å². The number of anilines is 1. The Hall–Kier alpha value is -1.64. The number of nitrogens with one attached hydrogen (secondary N) is 1. The van der Waals surface area contributed by atoms with Crippen molar-refractivity contribution in [2.45, 2.75) is 11.8 Å². The highest BCUT2D eigenvalue weighted by atomic mass is 35.5. The van der Waals surface area contributed by atoms with E-state index in [1.54, 1.807) is 0 Å². The minimum atomic E-state index is -4.08. The first-order valence-corrected chi connectivity index (χ1v) is 8.20. The monoisotopic (exact) mass is 349 g/mol. The van der Waals surface area contributed by atoms with Crippen molar-refractivity contribution in [3.63, 3.8) is 0 Å². The molecule has 0 fully saturated rings. The highest BCUT2D eigenvalue weighted by molar-refractivity contribution is 7.93. The first-order chi connectivity index (χ1) is 9.70. The second-order valence-electron chi connectivity index (χ2n) is 4.07. The first-order valence-electron chi connectivity index (χ1n) is 5.52. The average molecular weight is 350 g/mol. The summed E-state index contributed by atoms with van der Waals surface area (Å²) in [5.74, 6) is -2.04. The normalized spacial score (nSPS) is 11.4. The summed E-state index contributed by atoms with van der Waals surface area (Å²) >= 11 is 6.42. The maximum absolute atomic E-state index is 13.6. The van der Waals surface area contributed by atoms with Crippen molar-refractivity contribution in [2.24, 2.45) is 0 Å². The van der Waals surface area contributed by atoms with Crippen LogP contribution in [-0.4, -0.2) is 19.5 Å². The van der Waals surface area contributed by atoms with Gasteiger partial charge in [-0.1, -0.05) is 11.6 Å². The molecule has 0 aliphatic heterocycles. The number of thiophene rings is 1. The SMILES string of the molecule is Cc1sc(C(=O)O)cc1S(=O)(=O)Nc1ccc(Cl)cc1F. The van der Waals surface area contributed by atoms with Crippen LogP contribution in [0.15, 0.2) is 29.2 Å².